The molecule has 1 unspecified atom stereocenters. The zero-order valence-corrected chi connectivity index (χ0v) is 5.46. The monoisotopic (exact) mass is 144 g/mol. The highest BCUT2D eigenvalue weighted by Gasteiger charge is 2.16. The Hall–Kier alpha value is 0.240. The molecule has 0 saturated heterocycles. The standard InChI is InChI=1S/C3H9O3P.FH/c1-7-3(5,6)2-4;/h4-7H,2H2,1H3;1H. The molecular weight excluding hydrogens is 134 g/mol. The van der Waals surface area contributed by atoms with E-state index >= 15 is 0 Å². The first-order chi connectivity index (χ1) is 3.12. The van der Waals surface area contributed by atoms with Gasteiger partial charge in [0.25, 0.3) is 0 Å². The SMILES string of the molecule is CPC(O)(O)CO.F. The van der Waals surface area contributed by atoms with Crippen LogP contribution in [0.15, 0.2) is 0 Å². The molecule has 0 aliphatic heterocycles. The van der Waals surface area contributed by atoms with Crippen molar-refractivity contribution in [2.45, 2.75) is 5.53 Å². The maximum Gasteiger partial charge on any atom is 0.202 e. The first kappa shape index (κ1) is 11.1. The highest BCUT2D eigenvalue weighted by Crippen LogP contribution is 2.20. The summed E-state index contributed by atoms with van der Waals surface area (Å²) in [4.78, 5) is 0. The van der Waals surface area contributed by atoms with Crippen LogP contribution in [0.4, 0.5) is 4.70 Å². The lowest BCUT2D eigenvalue weighted by Crippen LogP contribution is -2.25. The third-order valence-electron chi connectivity index (χ3n) is 0.621. The number of hydrogen-bond acceptors (Lipinski definition) is 3. The van der Waals surface area contributed by atoms with Crippen molar-refractivity contribution < 1.29 is 20.0 Å². The molecule has 0 aromatic carbocycles. The molecule has 0 bridgehead atoms. The summed E-state index contributed by atoms with van der Waals surface area (Å²) in [5.74, 6) is 0. The summed E-state index contributed by atoms with van der Waals surface area (Å²) in [5, 5.41) is 25.0. The van der Waals surface area contributed by atoms with Crippen LogP contribution in [0.2, 0.25) is 0 Å². The minimum atomic E-state index is -1.83. The van der Waals surface area contributed by atoms with Crippen molar-refractivity contribution in [3.05, 3.63) is 0 Å². The summed E-state index contributed by atoms with van der Waals surface area (Å²) in [6, 6.07) is 0. The Balaban J connectivity index is 0. The molecule has 5 heteroatoms. The second-order valence-electron chi connectivity index (χ2n) is 1.22. The van der Waals surface area contributed by atoms with Gasteiger partial charge in [-0.15, -0.1) is 0 Å². The second kappa shape index (κ2) is 4.15. The second-order valence-corrected chi connectivity index (χ2v) is 2.53. The van der Waals surface area contributed by atoms with Crippen molar-refractivity contribution in [3.63, 3.8) is 0 Å². The third kappa shape index (κ3) is 4.40. The highest BCUT2D eigenvalue weighted by molar-refractivity contribution is 7.38. The number of halogens is 1. The minimum absolute atomic E-state index is 0. The summed E-state index contributed by atoms with van der Waals surface area (Å²) in [7, 11) is -0.0544. The van der Waals surface area contributed by atoms with E-state index in [-0.39, 0.29) is 13.3 Å². The topological polar surface area (TPSA) is 60.7 Å². The van der Waals surface area contributed by atoms with Gasteiger partial charge in [-0.3, -0.25) is 4.70 Å². The molecule has 0 fully saturated rings. The maximum absolute atomic E-state index is 8.45. The van der Waals surface area contributed by atoms with Gasteiger partial charge in [-0.25, -0.2) is 0 Å². The smallest absolute Gasteiger partial charge is 0.202 e. The Labute approximate surface area is 48.5 Å². The Morgan fingerprint density at radius 2 is 1.88 bits per heavy atom. The fourth-order valence-corrected chi connectivity index (χ4v) is 0.237. The van der Waals surface area contributed by atoms with Gasteiger partial charge in [0, 0.05) is 0 Å². The van der Waals surface area contributed by atoms with Crippen molar-refractivity contribution >= 4 is 8.58 Å². The van der Waals surface area contributed by atoms with E-state index in [1.165, 1.54) is 0 Å². The molecule has 0 aromatic heterocycles. The highest BCUT2D eigenvalue weighted by atomic mass is 31.1. The van der Waals surface area contributed by atoms with Crippen LogP contribution in [-0.2, 0) is 0 Å². The van der Waals surface area contributed by atoms with E-state index in [1.807, 2.05) is 0 Å². The van der Waals surface area contributed by atoms with Gasteiger partial charge < -0.3 is 15.3 Å². The van der Waals surface area contributed by atoms with Crippen LogP contribution in [0.5, 0.6) is 0 Å². The van der Waals surface area contributed by atoms with Crippen LogP contribution >= 0.6 is 8.58 Å². The van der Waals surface area contributed by atoms with Gasteiger partial charge in [0.2, 0.25) is 5.53 Å². The molecule has 0 saturated carbocycles. The maximum atomic E-state index is 8.45. The van der Waals surface area contributed by atoms with E-state index < -0.39 is 12.1 Å². The van der Waals surface area contributed by atoms with E-state index in [0.717, 1.165) is 0 Å². The van der Waals surface area contributed by atoms with E-state index in [9.17, 15) is 0 Å². The first-order valence-electron chi connectivity index (χ1n) is 1.87. The number of hydrogen-bond donors (Lipinski definition) is 3. The van der Waals surface area contributed by atoms with Crippen molar-refractivity contribution in [2.24, 2.45) is 0 Å². The van der Waals surface area contributed by atoms with E-state index in [1.54, 1.807) is 6.66 Å². The van der Waals surface area contributed by atoms with Crippen LogP contribution in [0.25, 0.3) is 0 Å². The zero-order valence-electron chi connectivity index (χ0n) is 4.46. The van der Waals surface area contributed by atoms with Crippen LogP contribution < -0.4 is 0 Å². The molecule has 3 nitrogen and oxygen atoms in total. The Morgan fingerprint density at radius 3 is 1.88 bits per heavy atom. The molecule has 0 rings (SSSR count). The van der Waals surface area contributed by atoms with Crippen molar-refractivity contribution in [3.8, 4) is 0 Å². The fourth-order valence-electron chi connectivity index (χ4n) is 0.0791. The molecular formula is C3H10FO3P. The lowest BCUT2D eigenvalue weighted by molar-refractivity contribution is -0.111. The van der Waals surface area contributed by atoms with Crippen molar-refractivity contribution in [1.29, 1.82) is 0 Å². The van der Waals surface area contributed by atoms with Crippen LogP contribution in [0.1, 0.15) is 0 Å². The molecule has 3 N–H and O–H groups in total. The average molecular weight is 144 g/mol. The third-order valence-corrected chi connectivity index (χ3v) is 1.58. The van der Waals surface area contributed by atoms with Gasteiger partial charge in [-0.05, 0) is 6.66 Å². The van der Waals surface area contributed by atoms with Gasteiger partial charge in [0.1, 0.15) is 6.61 Å². The molecule has 0 amide bonds. The van der Waals surface area contributed by atoms with Crippen LogP contribution in [0.3, 0.4) is 0 Å². The number of aliphatic hydroxyl groups is 3. The fraction of sp³-hybridized carbons (Fsp3) is 1.00. The number of aliphatic hydroxyl groups excluding tert-OH is 1. The lowest BCUT2D eigenvalue weighted by atomic mass is 10.7. The molecule has 1 atom stereocenters. The van der Waals surface area contributed by atoms with E-state index in [2.05, 4.69) is 0 Å². The normalized spacial score (nSPS) is 12.0. The Kier molecular flexibility index (Phi) is 5.76. The van der Waals surface area contributed by atoms with Crippen molar-refractivity contribution in [1.82, 2.24) is 0 Å². The van der Waals surface area contributed by atoms with Gasteiger partial charge in [0.05, 0.1) is 0 Å². The van der Waals surface area contributed by atoms with Gasteiger partial charge >= 0.3 is 0 Å². The zero-order chi connectivity index (χ0) is 5.91. The molecule has 0 heterocycles. The lowest BCUT2D eigenvalue weighted by Gasteiger charge is -2.14. The predicted octanol–water partition coefficient (Wildman–Crippen LogP) is -0.922. The quantitative estimate of drug-likeness (QED) is 0.347. The van der Waals surface area contributed by atoms with Gasteiger partial charge in [0.15, 0.2) is 0 Å². The summed E-state index contributed by atoms with van der Waals surface area (Å²) < 4.78 is 0. The Bertz CT molecular complexity index is 52.5. The average Bonchev–Trinajstić information content (AvgIpc) is 1.68. The van der Waals surface area contributed by atoms with Crippen LogP contribution in [0, 0.1) is 0 Å². The molecule has 0 aliphatic carbocycles. The molecule has 52 valence electrons. The Morgan fingerprint density at radius 1 is 1.50 bits per heavy atom. The summed E-state index contributed by atoms with van der Waals surface area (Å²) >= 11 is 0. The summed E-state index contributed by atoms with van der Waals surface area (Å²) in [6.07, 6.45) is 0. The van der Waals surface area contributed by atoms with E-state index in [4.69, 9.17) is 15.3 Å². The molecule has 0 aromatic rings. The summed E-state index contributed by atoms with van der Waals surface area (Å²) in [5.41, 5.74) is -1.83. The molecule has 0 spiro atoms. The van der Waals surface area contributed by atoms with Gasteiger partial charge in [-0.1, -0.05) is 8.58 Å². The van der Waals surface area contributed by atoms with Crippen LogP contribution in [-0.4, -0.2) is 34.1 Å². The summed E-state index contributed by atoms with van der Waals surface area (Å²) in [6.45, 7) is 1.03. The van der Waals surface area contributed by atoms with E-state index in [0.29, 0.717) is 0 Å². The molecule has 0 radical (unpaired) electrons. The predicted molar refractivity (Wildman–Crippen MR) is 31.0 cm³/mol. The molecule has 0 aliphatic rings. The van der Waals surface area contributed by atoms with Gasteiger partial charge in [-0.2, -0.15) is 0 Å². The number of rotatable bonds is 2. The van der Waals surface area contributed by atoms with Crippen molar-refractivity contribution in [2.75, 3.05) is 13.3 Å². The molecule has 8 heavy (non-hydrogen) atoms. The first-order valence-corrected chi connectivity index (χ1v) is 3.37. The minimum Gasteiger partial charge on any atom is -0.390 e. The largest absolute Gasteiger partial charge is 0.390 e.